The van der Waals surface area contributed by atoms with Crippen LogP contribution < -0.4 is 5.32 Å². The van der Waals surface area contributed by atoms with Crippen LogP contribution in [0.5, 0.6) is 0 Å². The number of anilines is 1. The number of ether oxygens (including phenoxy) is 1. The fraction of sp³-hybridized carbons (Fsp3) is 0.368. The molecule has 0 unspecified atom stereocenters. The highest BCUT2D eigenvalue weighted by Gasteiger charge is 2.29. The van der Waals surface area contributed by atoms with Crippen molar-refractivity contribution in [3.05, 3.63) is 49.3 Å². The van der Waals surface area contributed by atoms with Gasteiger partial charge in [-0.15, -0.1) is 23.7 Å². The minimum absolute atomic E-state index is 0. The second kappa shape index (κ2) is 10.1. The van der Waals surface area contributed by atoms with Gasteiger partial charge >= 0.3 is 5.97 Å². The van der Waals surface area contributed by atoms with Crippen molar-refractivity contribution >= 4 is 68.2 Å². The first-order valence-corrected chi connectivity index (χ1v) is 10.7. The number of rotatable bonds is 5. The van der Waals surface area contributed by atoms with Gasteiger partial charge in [0, 0.05) is 22.4 Å². The van der Waals surface area contributed by atoms with E-state index in [9.17, 15) is 9.59 Å². The molecule has 9 heteroatoms. The summed E-state index contributed by atoms with van der Waals surface area (Å²) in [5.74, 6) is -0.742. The van der Waals surface area contributed by atoms with Crippen LogP contribution in [-0.2, 0) is 17.7 Å². The van der Waals surface area contributed by atoms with Crippen LogP contribution in [0.2, 0.25) is 5.02 Å². The number of carbonyl (C=O) groups is 2. The van der Waals surface area contributed by atoms with Gasteiger partial charge in [-0.1, -0.05) is 34.5 Å². The van der Waals surface area contributed by atoms with E-state index in [1.54, 1.807) is 25.1 Å². The van der Waals surface area contributed by atoms with Gasteiger partial charge in [-0.25, -0.2) is 4.79 Å². The molecular weight excluding hydrogens is 487 g/mol. The van der Waals surface area contributed by atoms with Crippen molar-refractivity contribution in [3.8, 4) is 0 Å². The Balaban J connectivity index is 0.00000280. The van der Waals surface area contributed by atoms with Gasteiger partial charge in [0.25, 0.3) is 5.91 Å². The number of nitrogens with one attached hydrogen (secondary N) is 1. The Kier molecular flexibility index (Phi) is 8.33. The third-order valence-corrected chi connectivity index (χ3v) is 6.42. The first-order valence-electron chi connectivity index (χ1n) is 8.75. The summed E-state index contributed by atoms with van der Waals surface area (Å²) in [6.45, 7) is 6.78. The smallest absolute Gasteiger partial charge is 0.341 e. The molecule has 5 nitrogen and oxygen atoms in total. The summed E-state index contributed by atoms with van der Waals surface area (Å²) in [6, 6.07) is 5.09. The van der Waals surface area contributed by atoms with E-state index in [-0.39, 0.29) is 24.9 Å². The van der Waals surface area contributed by atoms with E-state index in [1.165, 1.54) is 11.3 Å². The van der Waals surface area contributed by atoms with Crippen LogP contribution in [0.15, 0.2) is 22.7 Å². The fourth-order valence-corrected chi connectivity index (χ4v) is 4.91. The third-order valence-electron chi connectivity index (χ3n) is 4.46. The number of hydrogen-bond donors (Lipinski definition) is 1. The topological polar surface area (TPSA) is 58.6 Å². The van der Waals surface area contributed by atoms with Gasteiger partial charge in [0.15, 0.2) is 0 Å². The number of likely N-dealkylation sites (N-methyl/N-ethyl adjacent to an activating group) is 1. The zero-order valence-electron chi connectivity index (χ0n) is 15.5. The molecule has 0 radical (unpaired) electrons. The fourth-order valence-electron chi connectivity index (χ4n) is 3.08. The lowest BCUT2D eigenvalue weighted by molar-refractivity contribution is 0.0526. The molecule has 3 rings (SSSR count). The van der Waals surface area contributed by atoms with Crippen molar-refractivity contribution in [3.63, 3.8) is 0 Å². The Hall–Kier alpha value is -1.12. The number of halogens is 3. The lowest BCUT2D eigenvalue weighted by Crippen LogP contribution is -2.30. The molecule has 1 aliphatic heterocycles. The van der Waals surface area contributed by atoms with Crippen LogP contribution in [0.25, 0.3) is 0 Å². The highest BCUT2D eigenvalue weighted by Crippen LogP contribution is 2.38. The number of esters is 1. The summed E-state index contributed by atoms with van der Waals surface area (Å²) in [6.07, 6.45) is 0.765. The number of thiophene rings is 1. The Morgan fingerprint density at radius 1 is 1.36 bits per heavy atom. The molecule has 0 atom stereocenters. The summed E-state index contributed by atoms with van der Waals surface area (Å²) in [4.78, 5) is 28.8. The predicted molar refractivity (Wildman–Crippen MR) is 119 cm³/mol. The van der Waals surface area contributed by atoms with E-state index in [1.807, 2.05) is 0 Å². The minimum Gasteiger partial charge on any atom is -0.462 e. The van der Waals surface area contributed by atoms with E-state index in [0.717, 1.165) is 41.0 Å². The molecule has 1 N–H and O–H groups in total. The lowest BCUT2D eigenvalue weighted by atomic mass is 10.0. The molecule has 1 amide bonds. The molecule has 0 fully saturated rings. The van der Waals surface area contributed by atoms with Crippen molar-refractivity contribution in [2.75, 3.05) is 25.0 Å². The van der Waals surface area contributed by atoms with E-state index < -0.39 is 5.97 Å². The summed E-state index contributed by atoms with van der Waals surface area (Å²) in [5, 5.41) is 3.76. The molecule has 2 heterocycles. The van der Waals surface area contributed by atoms with Crippen LogP contribution in [0.3, 0.4) is 0 Å². The van der Waals surface area contributed by atoms with Crippen LogP contribution in [0.4, 0.5) is 5.00 Å². The molecule has 1 aromatic carbocycles. The molecular formula is C19H21BrCl2N2O3S. The second-order valence-electron chi connectivity index (χ2n) is 6.13. The van der Waals surface area contributed by atoms with E-state index in [0.29, 0.717) is 21.2 Å². The molecule has 0 aliphatic carbocycles. The van der Waals surface area contributed by atoms with Crippen molar-refractivity contribution in [1.29, 1.82) is 0 Å². The standard InChI is InChI=1S/C19H20BrClN2O3S.ClH/c1-3-23-8-7-12-15(10-23)27-18(16(12)19(25)26-4-2)22-17(24)13-9-11(20)5-6-14(13)21;/h5-6,9H,3-4,7-8,10H2,1-2H3,(H,22,24);1H. The maximum Gasteiger partial charge on any atom is 0.341 e. The van der Waals surface area contributed by atoms with E-state index >= 15 is 0 Å². The Bertz CT molecular complexity index is 888. The van der Waals surface area contributed by atoms with Crippen molar-refractivity contribution in [2.45, 2.75) is 26.8 Å². The highest BCUT2D eigenvalue weighted by molar-refractivity contribution is 9.10. The molecule has 0 saturated heterocycles. The van der Waals surface area contributed by atoms with Crippen molar-refractivity contribution in [2.24, 2.45) is 0 Å². The minimum atomic E-state index is -0.393. The second-order valence-corrected chi connectivity index (χ2v) is 8.55. The molecule has 2 aromatic rings. The number of carbonyl (C=O) groups excluding carboxylic acids is 2. The molecule has 0 spiro atoms. The average molecular weight is 508 g/mol. The van der Waals surface area contributed by atoms with Gasteiger partial charge in [0.05, 0.1) is 22.8 Å². The number of fused-ring (bicyclic) bond motifs is 1. The zero-order chi connectivity index (χ0) is 19.6. The lowest BCUT2D eigenvalue weighted by Gasteiger charge is -2.25. The first kappa shape index (κ1) is 23.2. The summed E-state index contributed by atoms with van der Waals surface area (Å²) < 4.78 is 6.00. The first-order chi connectivity index (χ1) is 12.9. The van der Waals surface area contributed by atoms with Crippen LogP contribution in [-0.4, -0.2) is 36.5 Å². The monoisotopic (exact) mass is 506 g/mol. The Labute approximate surface area is 187 Å². The highest BCUT2D eigenvalue weighted by atomic mass is 79.9. The quantitative estimate of drug-likeness (QED) is 0.551. The van der Waals surface area contributed by atoms with E-state index in [4.69, 9.17) is 16.3 Å². The Morgan fingerprint density at radius 3 is 2.79 bits per heavy atom. The maximum absolute atomic E-state index is 12.8. The zero-order valence-corrected chi connectivity index (χ0v) is 19.5. The van der Waals surface area contributed by atoms with Crippen LogP contribution in [0, 0.1) is 0 Å². The van der Waals surface area contributed by atoms with E-state index in [2.05, 4.69) is 33.1 Å². The van der Waals surface area contributed by atoms with Gasteiger partial charge in [-0.3, -0.25) is 9.69 Å². The maximum atomic E-state index is 12.8. The van der Waals surface area contributed by atoms with Crippen molar-refractivity contribution < 1.29 is 14.3 Å². The molecule has 1 aromatic heterocycles. The number of benzene rings is 1. The van der Waals surface area contributed by atoms with Gasteiger partial charge in [-0.2, -0.15) is 0 Å². The summed E-state index contributed by atoms with van der Waals surface area (Å²) >= 11 is 11.0. The Morgan fingerprint density at radius 2 is 2.11 bits per heavy atom. The molecule has 0 bridgehead atoms. The molecule has 0 saturated carbocycles. The number of nitrogens with zero attached hydrogens (tertiary/aromatic N) is 1. The van der Waals surface area contributed by atoms with Crippen LogP contribution >= 0.6 is 51.3 Å². The van der Waals surface area contributed by atoms with Gasteiger partial charge in [-0.05, 0) is 43.7 Å². The summed E-state index contributed by atoms with van der Waals surface area (Å²) in [5.41, 5.74) is 1.81. The average Bonchev–Trinajstić information content (AvgIpc) is 3.00. The third kappa shape index (κ3) is 4.89. The van der Waals surface area contributed by atoms with Gasteiger partial charge in [0.2, 0.25) is 0 Å². The SMILES string of the molecule is CCOC(=O)c1c(NC(=O)c2cc(Br)ccc2Cl)sc2c1CCN(CC)C2.Cl. The van der Waals surface area contributed by atoms with Crippen molar-refractivity contribution in [1.82, 2.24) is 4.90 Å². The largest absolute Gasteiger partial charge is 0.462 e. The van der Waals surface area contributed by atoms with Gasteiger partial charge in [0.1, 0.15) is 5.00 Å². The molecule has 1 aliphatic rings. The molecule has 152 valence electrons. The van der Waals surface area contributed by atoms with Crippen LogP contribution in [0.1, 0.15) is 45.0 Å². The number of amides is 1. The summed E-state index contributed by atoms with van der Waals surface area (Å²) in [7, 11) is 0. The normalized spacial score (nSPS) is 13.4. The molecule has 28 heavy (non-hydrogen) atoms. The van der Waals surface area contributed by atoms with Gasteiger partial charge < -0.3 is 10.1 Å². The number of hydrogen-bond acceptors (Lipinski definition) is 5. The predicted octanol–water partition coefficient (Wildman–Crippen LogP) is 5.39.